The molecule has 2 N–H and O–H groups in total. The molecule has 1 aromatic heterocycles. The summed E-state index contributed by atoms with van der Waals surface area (Å²) >= 11 is 5.84. The number of piperidine rings is 1. The van der Waals surface area contributed by atoms with Crippen molar-refractivity contribution in [2.24, 2.45) is 0 Å². The molecule has 2 heterocycles. The van der Waals surface area contributed by atoms with E-state index in [1.807, 2.05) is 19.2 Å². The van der Waals surface area contributed by atoms with Crippen molar-refractivity contribution in [2.75, 3.05) is 13.1 Å². The van der Waals surface area contributed by atoms with E-state index < -0.39 is 11.4 Å². The first kappa shape index (κ1) is 16.9. The number of amides is 1. The van der Waals surface area contributed by atoms with Crippen LogP contribution >= 0.6 is 11.6 Å². The Kier molecular flexibility index (Phi) is 4.87. The topological polar surface area (TPSA) is 59.0 Å². The standard InChI is InChI=1S/C17H20ClFN4O/c1-12(13-3-4-15(19)14(18)11-13)22-16(24)17(5-8-20-9-6-17)23-10-2-7-21-23/h2-4,7,10-12,20H,5-6,8-9H2,1H3,(H,22,24). The van der Waals surface area contributed by atoms with E-state index in [0.29, 0.717) is 12.8 Å². The molecule has 1 atom stereocenters. The predicted octanol–water partition coefficient (Wildman–Crippen LogP) is 2.63. The van der Waals surface area contributed by atoms with E-state index in [4.69, 9.17) is 11.6 Å². The average molecular weight is 351 g/mol. The maximum absolute atomic E-state index is 13.3. The number of hydrogen-bond donors (Lipinski definition) is 2. The Morgan fingerprint density at radius 1 is 1.46 bits per heavy atom. The zero-order valence-corrected chi connectivity index (χ0v) is 14.2. The lowest BCUT2D eigenvalue weighted by Gasteiger charge is -2.37. The molecule has 1 unspecified atom stereocenters. The highest BCUT2D eigenvalue weighted by atomic mass is 35.5. The molecule has 2 aromatic rings. The van der Waals surface area contributed by atoms with Crippen molar-refractivity contribution in [3.8, 4) is 0 Å². The van der Waals surface area contributed by atoms with Crippen LogP contribution in [-0.4, -0.2) is 28.8 Å². The van der Waals surface area contributed by atoms with Gasteiger partial charge in [0.1, 0.15) is 11.4 Å². The summed E-state index contributed by atoms with van der Waals surface area (Å²) < 4.78 is 15.1. The third-order valence-electron chi connectivity index (χ3n) is 4.59. The van der Waals surface area contributed by atoms with E-state index in [1.54, 1.807) is 23.0 Å². The summed E-state index contributed by atoms with van der Waals surface area (Å²) in [4.78, 5) is 13.0. The molecule has 0 bridgehead atoms. The van der Waals surface area contributed by atoms with Crippen LogP contribution < -0.4 is 10.6 Å². The molecule has 1 amide bonds. The van der Waals surface area contributed by atoms with Crippen LogP contribution in [0.4, 0.5) is 4.39 Å². The molecular formula is C17H20ClFN4O. The molecule has 1 saturated heterocycles. The van der Waals surface area contributed by atoms with Gasteiger partial charge in [-0.05, 0) is 56.6 Å². The summed E-state index contributed by atoms with van der Waals surface area (Å²) in [5.74, 6) is -0.550. The summed E-state index contributed by atoms with van der Waals surface area (Å²) in [5.41, 5.74) is 0.0617. The maximum atomic E-state index is 13.3. The fraction of sp³-hybridized carbons (Fsp3) is 0.412. The lowest BCUT2D eigenvalue weighted by molar-refractivity contribution is -0.132. The van der Waals surface area contributed by atoms with Crippen molar-refractivity contribution in [1.29, 1.82) is 0 Å². The number of rotatable bonds is 4. The van der Waals surface area contributed by atoms with Gasteiger partial charge in [0.15, 0.2) is 0 Å². The molecule has 1 aromatic carbocycles. The molecule has 1 aliphatic heterocycles. The highest BCUT2D eigenvalue weighted by molar-refractivity contribution is 6.30. The molecule has 1 fully saturated rings. The molecular weight excluding hydrogens is 331 g/mol. The molecule has 5 nitrogen and oxygen atoms in total. The first-order valence-corrected chi connectivity index (χ1v) is 8.37. The lowest BCUT2D eigenvalue weighted by atomic mass is 9.87. The first-order valence-electron chi connectivity index (χ1n) is 8.00. The second-order valence-electron chi connectivity index (χ2n) is 6.10. The van der Waals surface area contributed by atoms with Gasteiger partial charge in [-0.3, -0.25) is 9.48 Å². The van der Waals surface area contributed by atoms with Gasteiger partial charge in [-0.15, -0.1) is 0 Å². The van der Waals surface area contributed by atoms with E-state index in [1.165, 1.54) is 6.07 Å². The normalized spacial score (nSPS) is 18.1. The van der Waals surface area contributed by atoms with Crippen molar-refractivity contribution in [1.82, 2.24) is 20.4 Å². The minimum atomic E-state index is -0.702. The highest BCUT2D eigenvalue weighted by Gasteiger charge is 2.42. The summed E-state index contributed by atoms with van der Waals surface area (Å²) in [6, 6.07) is 6.03. The molecule has 0 radical (unpaired) electrons. The van der Waals surface area contributed by atoms with Crippen molar-refractivity contribution in [2.45, 2.75) is 31.3 Å². The predicted molar refractivity (Wildman–Crippen MR) is 90.3 cm³/mol. The van der Waals surface area contributed by atoms with Crippen LogP contribution in [0.1, 0.15) is 31.4 Å². The van der Waals surface area contributed by atoms with Crippen molar-refractivity contribution in [3.63, 3.8) is 0 Å². The lowest BCUT2D eigenvalue weighted by Crippen LogP contribution is -2.55. The zero-order chi connectivity index (χ0) is 17.2. The van der Waals surface area contributed by atoms with Crippen LogP contribution in [0, 0.1) is 5.82 Å². The van der Waals surface area contributed by atoms with Crippen LogP contribution in [0.3, 0.4) is 0 Å². The number of nitrogens with one attached hydrogen (secondary N) is 2. The largest absolute Gasteiger partial charge is 0.347 e. The molecule has 24 heavy (non-hydrogen) atoms. The zero-order valence-electron chi connectivity index (χ0n) is 13.4. The Labute approximate surface area is 145 Å². The van der Waals surface area contributed by atoms with Gasteiger partial charge in [-0.2, -0.15) is 5.10 Å². The van der Waals surface area contributed by atoms with Gasteiger partial charge in [0.25, 0.3) is 0 Å². The van der Waals surface area contributed by atoms with Gasteiger partial charge < -0.3 is 10.6 Å². The Morgan fingerprint density at radius 2 is 2.21 bits per heavy atom. The van der Waals surface area contributed by atoms with Gasteiger partial charge in [0.2, 0.25) is 5.91 Å². The van der Waals surface area contributed by atoms with E-state index in [2.05, 4.69) is 15.7 Å². The quantitative estimate of drug-likeness (QED) is 0.891. The molecule has 1 aliphatic rings. The number of carbonyl (C=O) groups is 1. The Hall–Kier alpha value is -1.92. The van der Waals surface area contributed by atoms with Crippen LogP contribution in [0.5, 0.6) is 0 Å². The average Bonchev–Trinajstić information content (AvgIpc) is 3.13. The third-order valence-corrected chi connectivity index (χ3v) is 4.88. The SMILES string of the molecule is CC(NC(=O)C1(n2cccn2)CCNCC1)c1ccc(F)c(Cl)c1. The van der Waals surface area contributed by atoms with Gasteiger partial charge in [0, 0.05) is 12.4 Å². The number of carbonyl (C=O) groups excluding carboxylic acids is 1. The Balaban J connectivity index is 1.82. The number of halogens is 2. The van der Waals surface area contributed by atoms with Crippen LogP contribution in [-0.2, 0) is 10.3 Å². The molecule has 0 spiro atoms. The maximum Gasteiger partial charge on any atom is 0.248 e. The second-order valence-corrected chi connectivity index (χ2v) is 6.51. The van der Waals surface area contributed by atoms with Crippen molar-refractivity contribution < 1.29 is 9.18 Å². The van der Waals surface area contributed by atoms with E-state index in [0.717, 1.165) is 18.7 Å². The summed E-state index contributed by atoms with van der Waals surface area (Å²) in [5, 5.41) is 10.7. The van der Waals surface area contributed by atoms with Crippen molar-refractivity contribution >= 4 is 17.5 Å². The van der Waals surface area contributed by atoms with Gasteiger partial charge in [-0.1, -0.05) is 17.7 Å². The van der Waals surface area contributed by atoms with E-state index >= 15 is 0 Å². The molecule has 0 saturated carbocycles. The van der Waals surface area contributed by atoms with Crippen molar-refractivity contribution in [3.05, 3.63) is 53.1 Å². The molecule has 3 rings (SSSR count). The second kappa shape index (κ2) is 6.91. The van der Waals surface area contributed by atoms with Gasteiger partial charge in [-0.25, -0.2) is 4.39 Å². The van der Waals surface area contributed by atoms with Gasteiger partial charge >= 0.3 is 0 Å². The third kappa shape index (κ3) is 3.16. The smallest absolute Gasteiger partial charge is 0.248 e. The van der Waals surface area contributed by atoms with Crippen LogP contribution in [0.15, 0.2) is 36.7 Å². The first-order chi connectivity index (χ1) is 11.5. The molecule has 0 aliphatic carbocycles. The Morgan fingerprint density at radius 3 is 2.83 bits per heavy atom. The fourth-order valence-electron chi connectivity index (χ4n) is 3.12. The van der Waals surface area contributed by atoms with Crippen LogP contribution in [0.25, 0.3) is 0 Å². The number of benzene rings is 1. The summed E-state index contributed by atoms with van der Waals surface area (Å²) in [7, 11) is 0. The van der Waals surface area contributed by atoms with E-state index in [-0.39, 0.29) is 17.0 Å². The molecule has 7 heteroatoms. The monoisotopic (exact) mass is 350 g/mol. The summed E-state index contributed by atoms with van der Waals surface area (Å²) in [6.07, 6.45) is 4.83. The minimum absolute atomic E-state index is 0.0530. The number of nitrogens with zero attached hydrogens (tertiary/aromatic N) is 2. The highest BCUT2D eigenvalue weighted by Crippen LogP contribution is 2.29. The minimum Gasteiger partial charge on any atom is -0.347 e. The fourth-order valence-corrected chi connectivity index (χ4v) is 3.31. The van der Waals surface area contributed by atoms with Crippen LogP contribution in [0.2, 0.25) is 5.02 Å². The summed E-state index contributed by atoms with van der Waals surface area (Å²) in [6.45, 7) is 3.37. The number of aromatic nitrogens is 2. The van der Waals surface area contributed by atoms with Gasteiger partial charge in [0.05, 0.1) is 11.1 Å². The van der Waals surface area contributed by atoms with E-state index in [9.17, 15) is 9.18 Å². The Bertz CT molecular complexity index is 713. The molecule has 128 valence electrons. The number of hydrogen-bond acceptors (Lipinski definition) is 3.